The van der Waals surface area contributed by atoms with E-state index in [9.17, 15) is 4.21 Å². The molecule has 0 amide bonds. The Morgan fingerprint density at radius 1 is 1.58 bits per heavy atom. The van der Waals surface area contributed by atoms with Gasteiger partial charge in [-0.2, -0.15) is 12.6 Å². The molecule has 1 nitrogen and oxygen atoms in total. The SMILES string of the molecule is CCCC/C=C(/C)S(=O)CCS. The molecule has 0 saturated carbocycles. The highest BCUT2D eigenvalue weighted by molar-refractivity contribution is 7.90. The molecule has 1 unspecified atom stereocenters. The van der Waals surface area contributed by atoms with Crippen molar-refractivity contribution in [2.75, 3.05) is 11.5 Å². The van der Waals surface area contributed by atoms with E-state index in [2.05, 4.69) is 25.6 Å². The summed E-state index contributed by atoms with van der Waals surface area (Å²) < 4.78 is 11.3. The summed E-state index contributed by atoms with van der Waals surface area (Å²) in [6.45, 7) is 4.10. The molecule has 1 atom stereocenters. The average molecular weight is 206 g/mol. The molecule has 0 aliphatic heterocycles. The van der Waals surface area contributed by atoms with Crippen LogP contribution in [0.15, 0.2) is 11.0 Å². The molecule has 0 radical (unpaired) electrons. The number of thiol groups is 1. The van der Waals surface area contributed by atoms with Crippen LogP contribution in [0.25, 0.3) is 0 Å². The van der Waals surface area contributed by atoms with Gasteiger partial charge in [0.25, 0.3) is 0 Å². The van der Waals surface area contributed by atoms with Gasteiger partial charge in [-0.1, -0.05) is 25.8 Å². The van der Waals surface area contributed by atoms with E-state index in [-0.39, 0.29) is 0 Å². The van der Waals surface area contributed by atoms with Crippen LogP contribution in [0.2, 0.25) is 0 Å². The zero-order valence-electron chi connectivity index (χ0n) is 7.88. The molecule has 0 rings (SSSR count). The molecule has 0 heterocycles. The molecule has 0 N–H and O–H groups in total. The smallest absolute Gasteiger partial charge is 0.0490 e. The summed E-state index contributed by atoms with van der Waals surface area (Å²) in [5.74, 6) is 1.38. The highest BCUT2D eigenvalue weighted by Gasteiger charge is 1.98. The average Bonchev–Trinajstić information content (AvgIpc) is 2.05. The minimum absolute atomic E-state index is 0.678. The Morgan fingerprint density at radius 2 is 2.25 bits per heavy atom. The first-order valence-electron chi connectivity index (χ1n) is 4.38. The lowest BCUT2D eigenvalue weighted by molar-refractivity contribution is 0.687. The fourth-order valence-corrected chi connectivity index (χ4v) is 2.14. The fraction of sp³-hybridized carbons (Fsp3) is 0.778. The van der Waals surface area contributed by atoms with Crippen LogP contribution in [-0.2, 0) is 10.8 Å². The summed E-state index contributed by atoms with van der Waals surface area (Å²) in [5.41, 5.74) is 0. The second kappa shape index (κ2) is 7.87. The van der Waals surface area contributed by atoms with Crippen molar-refractivity contribution in [2.24, 2.45) is 0 Å². The number of unbranched alkanes of at least 4 members (excludes halogenated alkanes) is 2. The fourth-order valence-electron chi connectivity index (χ4n) is 0.846. The van der Waals surface area contributed by atoms with Gasteiger partial charge in [-0.25, -0.2) is 0 Å². The predicted octanol–water partition coefficient (Wildman–Crippen LogP) is 2.76. The standard InChI is InChI=1S/C9H18OS2/c1-3-4-5-6-9(2)12(10)8-7-11/h6,11H,3-5,7-8H2,1-2H3/b9-6-. The van der Waals surface area contributed by atoms with Gasteiger partial charge in [-0.3, -0.25) is 4.21 Å². The quantitative estimate of drug-likeness (QED) is 0.522. The van der Waals surface area contributed by atoms with Crippen LogP contribution in [0, 0.1) is 0 Å². The first-order chi connectivity index (χ1) is 5.72. The molecule has 0 bridgehead atoms. The van der Waals surface area contributed by atoms with E-state index in [1.54, 1.807) is 0 Å². The van der Waals surface area contributed by atoms with Gasteiger partial charge >= 0.3 is 0 Å². The van der Waals surface area contributed by atoms with E-state index in [1.807, 2.05) is 6.92 Å². The molecule has 72 valence electrons. The second-order valence-corrected chi connectivity index (χ2v) is 4.92. The van der Waals surface area contributed by atoms with E-state index in [4.69, 9.17) is 0 Å². The summed E-state index contributed by atoms with van der Waals surface area (Å²) in [6.07, 6.45) is 5.53. The number of rotatable bonds is 6. The van der Waals surface area contributed by atoms with Crippen LogP contribution in [0.5, 0.6) is 0 Å². The topological polar surface area (TPSA) is 17.1 Å². The normalized spacial score (nSPS) is 14.8. The van der Waals surface area contributed by atoms with E-state index < -0.39 is 10.8 Å². The third-order valence-corrected chi connectivity index (χ3v) is 3.61. The minimum Gasteiger partial charge on any atom is -0.255 e. The zero-order chi connectivity index (χ0) is 9.40. The van der Waals surface area contributed by atoms with Gasteiger partial charge in [0.1, 0.15) is 0 Å². The highest BCUT2D eigenvalue weighted by atomic mass is 32.2. The summed E-state index contributed by atoms with van der Waals surface area (Å²) >= 11 is 4.04. The lowest BCUT2D eigenvalue weighted by atomic mass is 10.2. The van der Waals surface area contributed by atoms with E-state index in [1.165, 1.54) is 12.8 Å². The zero-order valence-corrected chi connectivity index (χ0v) is 9.59. The maximum Gasteiger partial charge on any atom is 0.0490 e. The van der Waals surface area contributed by atoms with Crippen molar-refractivity contribution < 1.29 is 4.21 Å². The molecule has 0 fully saturated rings. The number of hydrogen-bond donors (Lipinski definition) is 1. The summed E-state index contributed by atoms with van der Waals surface area (Å²) in [5, 5.41) is 0. The lowest BCUT2D eigenvalue weighted by Gasteiger charge is -1.99. The summed E-state index contributed by atoms with van der Waals surface area (Å²) in [6, 6.07) is 0. The van der Waals surface area contributed by atoms with Crippen molar-refractivity contribution in [1.29, 1.82) is 0 Å². The molecule has 0 spiro atoms. The molecule has 0 aromatic carbocycles. The van der Waals surface area contributed by atoms with Crippen molar-refractivity contribution in [3.05, 3.63) is 11.0 Å². The van der Waals surface area contributed by atoms with Gasteiger partial charge in [-0.05, 0) is 13.3 Å². The largest absolute Gasteiger partial charge is 0.255 e. The molecule has 12 heavy (non-hydrogen) atoms. The molecule has 0 aliphatic rings. The Morgan fingerprint density at radius 3 is 2.75 bits per heavy atom. The van der Waals surface area contributed by atoms with Crippen LogP contribution in [-0.4, -0.2) is 15.7 Å². The molecular formula is C9H18OS2. The Labute approximate surface area is 83.5 Å². The van der Waals surface area contributed by atoms with Crippen LogP contribution in [0.3, 0.4) is 0 Å². The predicted molar refractivity (Wildman–Crippen MR) is 60.1 cm³/mol. The van der Waals surface area contributed by atoms with Gasteiger partial charge < -0.3 is 0 Å². The maximum absolute atomic E-state index is 11.3. The Balaban J connectivity index is 3.74. The van der Waals surface area contributed by atoms with Crippen molar-refractivity contribution in [3.63, 3.8) is 0 Å². The Bertz CT molecular complexity index is 164. The third kappa shape index (κ3) is 5.84. The number of hydrogen-bond acceptors (Lipinski definition) is 2. The van der Waals surface area contributed by atoms with Gasteiger partial charge in [-0.15, -0.1) is 0 Å². The van der Waals surface area contributed by atoms with Gasteiger partial charge in [0.05, 0.1) is 0 Å². The molecule has 0 aromatic heterocycles. The molecule has 3 heteroatoms. The minimum atomic E-state index is -0.784. The van der Waals surface area contributed by atoms with Crippen LogP contribution in [0.4, 0.5) is 0 Å². The van der Waals surface area contributed by atoms with E-state index >= 15 is 0 Å². The molecule has 0 saturated heterocycles. The van der Waals surface area contributed by atoms with E-state index in [0.717, 1.165) is 11.3 Å². The van der Waals surface area contributed by atoms with Crippen molar-refractivity contribution >= 4 is 23.4 Å². The van der Waals surface area contributed by atoms with Crippen LogP contribution < -0.4 is 0 Å². The number of allylic oxidation sites excluding steroid dienone is 2. The van der Waals surface area contributed by atoms with Crippen LogP contribution >= 0.6 is 12.6 Å². The molecule has 0 aliphatic carbocycles. The van der Waals surface area contributed by atoms with Crippen LogP contribution in [0.1, 0.15) is 33.1 Å². The third-order valence-electron chi connectivity index (χ3n) is 1.63. The maximum atomic E-state index is 11.3. The van der Waals surface area contributed by atoms with Gasteiger partial charge in [0.15, 0.2) is 0 Å². The van der Waals surface area contributed by atoms with Gasteiger partial charge in [0.2, 0.25) is 0 Å². The van der Waals surface area contributed by atoms with Crippen molar-refractivity contribution in [3.8, 4) is 0 Å². The molecule has 0 aromatic rings. The summed E-state index contributed by atoms with van der Waals surface area (Å²) in [7, 11) is -0.784. The lowest BCUT2D eigenvalue weighted by Crippen LogP contribution is -1.99. The Kier molecular flexibility index (Phi) is 8.02. The van der Waals surface area contributed by atoms with E-state index in [0.29, 0.717) is 11.5 Å². The highest BCUT2D eigenvalue weighted by Crippen LogP contribution is 2.05. The van der Waals surface area contributed by atoms with Crippen molar-refractivity contribution in [2.45, 2.75) is 33.1 Å². The second-order valence-electron chi connectivity index (χ2n) is 2.73. The van der Waals surface area contributed by atoms with Gasteiger partial charge in [0, 0.05) is 27.2 Å². The first-order valence-corrected chi connectivity index (χ1v) is 6.33. The molecular weight excluding hydrogens is 188 g/mol. The Hall–Kier alpha value is 0.240. The first kappa shape index (κ1) is 12.2. The summed E-state index contributed by atoms with van der Waals surface area (Å²) in [4.78, 5) is 1.01. The van der Waals surface area contributed by atoms with Crippen molar-refractivity contribution in [1.82, 2.24) is 0 Å². The monoisotopic (exact) mass is 206 g/mol.